The number of alkyl halides is 6. The Kier molecular flexibility index (Phi) is 5.02. The fourth-order valence-electron chi connectivity index (χ4n) is 4.06. The standard InChI is InChI=1S/C14H22F6N2/c15-13(16,17)9-5-7(1-3-11(9)21)8-2-4-12(22)10(6-8)14(18,19)20/h7-12H,1-6,21-22H2. The molecular weight excluding hydrogens is 310 g/mol. The van der Waals surface area contributed by atoms with Crippen LogP contribution in [0.2, 0.25) is 0 Å². The van der Waals surface area contributed by atoms with Crippen LogP contribution in [0, 0.1) is 23.7 Å². The maximum absolute atomic E-state index is 13.0. The van der Waals surface area contributed by atoms with Crippen molar-refractivity contribution in [2.24, 2.45) is 35.1 Å². The van der Waals surface area contributed by atoms with Gasteiger partial charge in [-0.1, -0.05) is 0 Å². The molecule has 0 bridgehead atoms. The average Bonchev–Trinajstić information content (AvgIpc) is 2.37. The summed E-state index contributed by atoms with van der Waals surface area (Å²) in [5, 5.41) is 0. The molecule has 0 aromatic carbocycles. The zero-order chi connectivity index (χ0) is 16.7. The van der Waals surface area contributed by atoms with Crippen LogP contribution in [0.4, 0.5) is 26.3 Å². The van der Waals surface area contributed by atoms with Gasteiger partial charge in [0.15, 0.2) is 0 Å². The SMILES string of the molecule is NC1CCC(C2CCC(N)C(C(F)(F)F)C2)CC1C(F)(F)F. The largest absolute Gasteiger partial charge is 0.393 e. The molecule has 2 aliphatic carbocycles. The fraction of sp³-hybridized carbons (Fsp3) is 1.00. The van der Waals surface area contributed by atoms with Gasteiger partial charge in [0.1, 0.15) is 0 Å². The minimum Gasteiger partial charge on any atom is -0.327 e. The Hall–Kier alpha value is -0.500. The summed E-state index contributed by atoms with van der Waals surface area (Å²) >= 11 is 0. The van der Waals surface area contributed by atoms with Gasteiger partial charge in [-0.3, -0.25) is 0 Å². The Morgan fingerprint density at radius 3 is 1.18 bits per heavy atom. The van der Waals surface area contributed by atoms with E-state index in [1.54, 1.807) is 0 Å². The van der Waals surface area contributed by atoms with Crippen molar-refractivity contribution in [3.8, 4) is 0 Å². The molecule has 2 fully saturated rings. The molecule has 0 heterocycles. The average molecular weight is 332 g/mol. The molecule has 2 rings (SSSR count). The van der Waals surface area contributed by atoms with Crippen LogP contribution in [0.1, 0.15) is 38.5 Å². The predicted octanol–water partition coefficient (Wildman–Crippen LogP) is 3.60. The van der Waals surface area contributed by atoms with E-state index in [1.807, 2.05) is 0 Å². The summed E-state index contributed by atoms with van der Waals surface area (Å²) < 4.78 is 77.9. The maximum Gasteiger partial charge on any atom is 0.393 e. The van der Waals surface area contributed by atoms with Crippen LogP contribution in [0.15, 0.2) is 0 Å². The highest BCUT2D eigenvalue weighted by Gasteiger charge is 2.51. The normalized spacial score (nSPS) is 41.5. The molecule has 6 unspecified atom stereocenters. The third-order valence-electron chi connectivity index (χ3n) is 5.40. The van der Waals surface area contributed by atoms with E-state index in [9.17, 15) is 26.3 Å². The van der Waals surface area contributed by atoms with Crippen molar-refractivity contribution in [2.75, 3.05) is 0 Å². The number of rotatable bonds is 1. The van der Waals surface area contributed by atoms with E-state index >= 15 is 0 Å². The van der Waals surface area contributed by atoms with Crippen LogP contribution < -0.4 is 11.5 Å². The van der Waals surface area contributed by atoms with Crippen LogP contribution in [-0.2, 0) is 0 Å². The topological polar surface area (TPSA) is 52.0 Å². The molecular formula is C14H22F6N2. The van der Waals surface area contributed by atoms with Gasteiger partial charge in [-0.05, 0) is 50.4 Å². The number of nitrogens with two attached hydrogens (primary N) is 2. The van der Waals surface area contributed by atoms with Gasteiger partial charge in [0, 0.05) is 12.1 Å². The van der Waals surface area contributed by atoms with Crippen LogP contribution in [0.25, 0.3) is 0 Å². The van der Waals surface area contributed by atoms with E-state index in [2.05, 4.69) is 0 Å². The van der Waals surface area contributed by atoms with Crippen LogP contribution >= 0.6 is 0 Å². The van der Waals surface area contributed by atoms with E-state index < -0.39 is 36.3 Å². The van der Waals surface area contributed by atoms with E-state index in [4.69, 9.17) is 11.5 Å². The summed E-state index contributed by atoms with van der Waals surface area (Å²) in [6.45, 7) is 0. The second kappa shape index (κ2) is 6.19. The maximum atomic E-state index is 13.0. The lowest BCUT2D eigenvalue weighted by Crippen LogP contribution is -2.48. The lowest BCUT2D eigenvalue weighted by atomic mass is 9.66. The number of hydrogen-bond donors (Lipinski definition) is 2. The monoisotopic (exact) mass is 332 g/mol. The smallest absolute Gasteiger partial charge is 0.327 e. The summed E-state index contributed by atoms with van der Waals surface area (Å²) in [5.41, 5.74) is 11.1. The summed E-state index contributed by atoms with van der Waals surface area (Å²) in [4.78, 5) is 0. The van der Waals surface area contributed by atoms with Gasteiger partial charge in [0.2, 0.25) is 0 Å². The summed E-state index contributed by atoms with van der Waals surface area (Å²) in [7, 11) is 0. The van der Waals surface area contributed by atoms with Crippen LogP contribution in [0.5, 0.6) is 0 Å². The highest BCUT2D eigenvalue weighted by Crippen LogP contribution is 2.48. The van der Waals surface area contributed by atoms with Crippen molar-refractivity contribution in [2.45, 2.75) is 63.0 Å². The third kappa shape index (κ3) is 3.88. The molecule has 4 N–H and O–H groups in total. The van der Waals surface area contributed by atoms with Crippen molar-refractivity contribution in [1.82, 2.24) is 0 Å². The van der Waals surface area contributed by atoms with Gasteiger partial charge < -0.3 is 11.5 Å². The van der Waals surface area contributed by atoms with Crippen molar-refractivity contribution in [3.05, 3.63) is 0 Å². The molecule has 0 spiro atoms. The van der Waals surface area contributed by atoms with E-state index in [0.29, 0.717) is 12.8 Å². The Morgan fingerprint density at radius 1 is 0.591 bits per heavy atom. The molecule has 22 heavy (non-hydrogen) atoms. The van der Waals surface area contributed by atoms with E-state index in [1.165, 1.54) is 0 Å². The minimum absolute atomic E-state index is 0.158. The Bertz CT molecular complexity index is 345. The zero-order valence-electron chi connectivity index (χ0n) is 12.1. The Labute approximate surface area is 125 Å². The van der Waals surface area contributed by atoms with Crippen molar-refractivity contribution >= 4 is 0 Å². The molecule has 2 aliphatic rings. The molecule has 0 radical (unpaired) electrons. The van der Waals surface area contributed by atoms with Crippen molar-refractivity contribution in [1.29, 1.82) is 0 Å². The van der Waals surface area contributed by atoms with Crippen LogP contribution in [-0.4, -0.2) is 24.4 Å². The molecule has 0 aliphatic heterocycles. The predicted molar refractivity (Wildman–Crippen MR) is 69.7 cm³/mol. The highest BCUT2D eigenvalue weighted by molar-refractivity contribution is 4.93. The molecule has 0 saturated heterocycles. The molecule has 0 aromatic heterocycles. The summed E-state index contributed by atoms with van der Waals surface area (Å²) in [6, 6.07) is -1.89. The highest BCUT2D eigenvalue weighted by atomic mass is 19.4. The second-order valence-corrected chi connectivity index (χ2v) is 6.77. The second-order valence-electron chi connectivity index (χ2n) is 6.77. The van der Waals surface area contributed by atoms with Gasteiger partial charge in [0.05, 0.1) is 11.8 Å². The third-order valence-corrected chi connectivity index (χ3v) is 5.40. The lowest BCUT2D eigenvalue weighted by molar-refractivity contribution is -0.202. The van der Waals surface area contributed by atoms with Gasteiger partial charge in [-0.15, -0.1) is 0 Å². The quantitative estimate of drug-likeness (QED) is 0.721. The molecule has 2 nitrogen and oxygen atoms in total. The minimum atomic E-state index is -4.38. The van der Waals surface area contributed by atoms with Crippen molar-refractivity contribution in [3.63, 3.8) is 0 Å². The molecule has 6 atom stereocenters. The first-order chi connectivity index (χ1) is 10.00. The molecule has 8 heteroatoms. The van der Waals surface area contributed by atoms with E-state index in [-0.39, 0.29) is 37.5 Å². The first-order valence-electron chi connectivity index (χ1n) is 7.64. The van der Waals surface area contributed by atoms with E-state index in [0.717, 1.165) is 0 Å². The first kappa shape index (κ1) is 17.8. The Balaban J connectivity index is 2.05. The first-order valence-corrected chi connectivity index (χ1v) is 7.64. The van der Waals surface area contributed by atoms with Gasteiger partial charge in [-0.2, -0.15) is 26.3 Å². The number of hydrogen-bond acceptors (Lipinski definition) is 2. The van der Waals surface area contributed by atoms with Crippen molar-refractivity contribution < 1.29 is 26.3 Å². The van der Waals surface area contributed by atoms with Gasteiger partial charge in [-0.25, -0.2) is 0 Å². The number of halogens is 6. The van der Waals surface area contributed by atoms with Gasteiger partial charge in [0.25, 0.3) is 0 Å². The molecule has 2 saturated carbocycles. The summed E-state index contributed by atoms with van der Waals surface area (Å²) in [6.07, 6.45) is -7.71. The van der Waals surface area contributed by atoms with Crippen LogP contribution in [0.3, 0.4) is 0 Å². The fourth-order valence-corrected chi connectivity index (χ4v) is 4.06. The van der Waals surface area contributed by atoms with Gasteiger partial charge >= 0.3 is 12.4 Å². The molecule has 0 aromatic rings. The molecule has 0 amide bonds. The Morgan fingerprint density at radius 2 is 0.909 bits per heavy atom. The molecule has 130 valence electrons. The lowest BCUT2D eigenvalue weighted by Gasteiger charge is -2.43. The summed E-state index contributed by atoms with van der Waals surface area (Å²) in [5.74, 6) is -3.90. The zero-order valence-corrected chi connectivity index (χ0v) is 12.1.